The molecule has 1 heterocycles. The number of carbonyl (C=O) groups is 1. The summed E-state index contributed by atoms with van der Waals surface area (Å²) in [4.78, 5) is 14.2. The highest BCUT2D eigenvalue weighted by molar-refractivity contribution is 7.94. The molecule has 2 aromatic rings. The summed E-state index contributed by atoms with van der Waals surface area (Å²) in [5, 5.41) is 2.33. The molecule has 0 bridgehead atoms. The van der Waals surface area contributed by atoms with Crippen molar-refractivity contribution >= 4 is 67.8 Å². The van der Waals surface area contributed by atoms with E-state index in [1.165, 1.54) is 29.2 Å². The fourth-order valence-corrected chi connectivity index (χ4v) is 4.70. The Morgan fingerprint density at radius 1 is 1.04 bits per heavy atom. The van der Waals surface area contributed by atoms with Crippen LogP contribution in [0.1, 0.15) is 0 Å². The van der Waals surface area contributed by atoms with Gasteiger partial charge < -0.3 is 9.64 Å². The predicted octanol–water partition coefficient (Wildman–Crippen LogP) is 5.02. The van der Waals surface area contributed by atoms with Gasteiger partial charge in [-0.1, -0.05) is 46.4 Å². The Hall–Kier alpha value is -1.44. The largest absolute Gasteiger partial charge is 0.482 e. The van der Waals surface area contributed by atoms with Crippen molar-refractivity contribution in [3.05, 3.63) is 68.0 Å². The molecule has 1 unspecified atom stereocenters. The topological polar surface area (TPSA) is 63.7 Å². The van der Waals surface area contributed by atoms with E-state index in [4.69, 9.17) is 51.1 Å². The molecule has 0 saturated heterocycles. The Bertz CT molecular complexity index is 1060. The second-order valence-corrected chi connectivity index (χ2v) is 9.54. The zero-order valence-corrected chi connectivity index (χ0v) is 18.0. The van der Waals surface area contributed by atoms with Gasteiger partial charge in [-0.3, -0.25) is 4.79 Å². The fraction of sp³-hybridized carbons (Fsp3) is 0.167. The van der Waals surface area contributed by atoms with E-state index in [1.807, 2.05) is 0 Å². The summed E-state index contributed by atoms with van der Waals surface area (Å²) >= 11 is 23.9. The quantitative estimate of drug-likeness (QED) is 0.602. The van der Waals surface area contributed by atoms with Gasteiger partial charge >= 0.3 is 0 Å². The van der Waals surface area contributed by atoms with Gasteiger partial charge in [-0.2, -0.15) is 0 Å². The van der Waals surface area contributed by atoms with Crippen LogP contribution in [0.2, 0.25) is 20.1 Å². The Kier molecular flexibility index (Phi) is 6.47. The zero-order chi connectivity index (χ0) is 20.5. The number of ether oxygens (including phenoxy) is 1. The number of carbonyl (C=O) groups excluding carboxylic acids is 1. The Labute approximate surface area is 182 Å². The smallest absolute Gasteiger partial charge is 0.265 e. The molecule has 0 aromatic heterocycles. The number of anilines is 1. The molecule has 10 heteroatoms. The summed E-state index contributed by atoms with van der Waals surface area (Å²) in [5.74, 6) is -0.431. The number of amides is 1. The lowest BCUT2D eigenvalue weighted by atomic mass is 10.2. The molecule has 1 amide bonds. The van der Waals surface area contributed by atoms with Crippen molar-refractivity contribution in [2.24, 2.45) is 0 Å². The van der Waals surface area contributed by atoms with Crippen molar-refractivity contribution < 1.29 is 17.9 Å². The highest BCUT2D eigenvalue weighted by Gasteiger charge is 2.32. The summed E-state index contributed by atoms with van der Waals surface area (Å²) in [7, 11) is -3.39. The first-order chi connectivity index (χ1) is 13.2. The second-order valence-electron chi connectivity index (χ2n) is 5.95. The van der Waals surface area contributed by atoms with Crippen LogP contribution in [0.25, 0.3) is 0 Å². The zero-order valence-electron chi connectivity index (χ0n) is 14.1. The molecule has 1 atom stereocenters. The fourth-order valence-electron chi connectivity index (χ4n) is 2.68. The molecule has 1 aliphatic heterocycles. The van der Waals surface area contributed by atoms with Crippen molar-refractivity contribution in [1.29, 1.82) is 0 Å². The molecule has 0 spiro atoms. The standard InChI is InChI=1S/C18H13Cl4NO4S/c19-11-1-4-17(16(22)7-11)27-9-18(24)23(13-5-6-28(25,26)10-13)12-2-3-14(20)15(21)8-12/h1-8,13H,9-10H2. The average molecular weight is 481 g/mol. The number of halogens is 4. The van der Waals surface area contributed by atoms with Gasteiger partial charge in [-0.25, -0.2) is 8.42 Å². The number of hydrogen-bond acceptors (Lipinski definition) is 4. The van der Waals surface area contributed by atoms with Gasteiger partial charge in [0.25, 0.3) is 5.91 Å². The van der Waals surface area contributed by atoms with E-state index < -0.39 is 21.8 Å². The van der Waals surface area contributed by atoms with Gasteiger partial charge in [0.05, 0.1) is 26.9 Å². The van der Waals surface area contributed by atoms with Gasteiger partial charge in [0.15, 0.2) is 16.4 Å². The lowest BCUT2D eigenvalue weighted by Crippen LogP contribution is -2.43. The van der Waals surface area contributed by atoms with Gasteiger partial charge in [0.2, 0.25) is 0 Å². The predicted molar refractivity (Wildman–Crippen MR) is 113 cm³/mol. The highest BCUT2D eigenvalue weighted by atomic mass is 35.5. The SMILES string of the molecule is O=C(COc1ccc(Cl)cc1Cl)N(c1ccc(Cl)c(Cl)c1)C1C=CS(=O)(=O)C1. The summed E-state index contributed by atoms with van der Waals surface area (Å²) in [6.07, 6.45) is 1.45. The van der Waals surface area contributed by atoms with Crippen LogP contribution >= 0.6 is 46.4 Å². The molecule has 2 aromatic carbocycles. The van der Waals surface area contributed by atoms with E-state index in [1.54, 1.807) is 18.2 Å². The molecule has 28 heavy (non-hydrogen) atoms. The van der Waals surface area contributed by atoms with Crippen LogP contribution in [0, 0.1) is 0 Å². The second kappa shape index (κ2) is 8.51. The maximum absolute atomic E-state index is 12.9. The van der Waals surface area contributed by atoms with Gasteiger partial charge in [-0.15, -0.1) is 0 Å². The van der Waals surface area contributed by atoms with Gasteiger partial charge in [0.1, 0.15) is 5.75 Å². The third kappa shape index (κ3) is 4.93. The average Bonchev–Trinajstić information content (AvgIpc) is 2.97. The molecule has 0 fully saturated rings. The van der Waals surface area contributed by atoms with Crippen LogP contribution in [-0.4, -0.2) is 32.7 Å². The molecule has 1 aliphatic rings. The van der Waals surface area contributed by atoms with Crippen LogP contribution in [0.5, 0.6) is 5.75 Å². The van der Waals surface area contributed by atoms with E-state index in [0.29, 0.717) is 15.7 Å². The molecule has 0 N–H and O–H groups in total. The van der Waals surface area contributed by atoms with Crippen LogP contribution in [0.15, 0.2) is 47.9 Å². The summed E-state index contributed by atoms with van der Waals surface area (Å²) < 4.78 is 29.2. The Balaban J connectivity index is 1.86. The number of sulfone groups is 1. The molecular formula is C18H13Cl4NO4S. The van der Waals surface area contributed by atoms with E-state index in [2.05, 4.69) is 0 Å². The minimum atomic E-state index is -3.39. The van der Waals surface area contributed by atoms with Crippen molar-refractivity contribution in [3.63, 3.8) is 0 Å². The minimum absolute atomic E-state index is 0.235. The summed E-state index contributed by atoms with van der Waals surface area (Å²) in [5.41, 5.74) is 0.400. The van der Waals surface area contributed by atoms with Crippen molar-refractivity contribution in [1.82, 2.24) is 0 Å². The first-order valence-corrected chi connectivity index (χ1v) is 11.1. The molecule has 0 aliphatic carbocycles. The van der Waals surface area contributed by atoms with E-state index in [9.17, 15) is 13.2 Å². The van der Waals surface area contributed by atoms with Gasteiger partial charge in [0, 0.05) is 16.1 Å². The van der Waals surface area contributed by atoms with Crippen LogP contribution < -0.4 is 9.64 Å². The minimum Gasteiger partial charge on any atom is -0.482 e. The molecule has 148 valence electrons. The summed E-state index contributed by atoms with van der Waals surface area (Å²) in [6, 6.07) is 8.53. The van der Waals surface area contributed by atoms with Crippen molar-refractivity contribution in [2.75, 3.05) is 17.3 Å². The monoisotopic (exact) mass is 479 g/mol. The van der Waals surface area contributed by atoms with E-state index >= 15 is 0 Å². The lowest BCUT2D eigenvalue weighted by molar-refractivity contribution is -0.120. The third-order valence-corrected chi connectivity index (χ3v) is 6.59. The summed E-state index contributed by atoms with van der Waals surface area (Å²) in [6.45, 7) is -0.369. The molecular weight excluding hydrogens is 468 g/mol. The van der Waals surface area contributed by atoms with Crippen LogP contribution in [-0.2, 0) is 14.6 Å². The first kappa shape index (κ1) is 21.3. The maximum Gasteiger partial charge on any atom is 0.265 e. The van der Waals surface area contributed by atoms with Crippen molar-refractivity contribution in [3.8, 4) is 5.75 Å². The molecule has 0 saturated carbocycles. The number of hydrogen-bond donors (Lipinski definition) is 0. The lowest BCUT2D eigenvalue weighted by Gasteiger charge is -2.28. The molecule has 5 nitrogen and oxygen atoms in total. The van der Waals surface area contributed by atoms with Crippen molar-refractivity contribution in [2.45, 2.75) is 6.04 Å². The van der Waals surface area contributed by atoms with Gasteiger partial charge in [-0.05, 0) is 42.5 Å². The Morgan fingerprint density at radius 3 is 2.39 bits per heavy atom. The number of rotatable bonds is 5. The van der Waals surface area contributed by atoms with E-state index in [0.717, 1.165) is 5.41 Å². The molecule has 3 rings (SSSR count). The van der Waals surface area contributed by atoms with E-state index in [-0.39, 0.29) is 28.2 Å². The normalized spacial score (nSPS) is 17.5. The first-order valence-electron chi connectivity index (χ1n) is 7.92. The molecule has 0 radical (unpaired) electrons. The Morgan fingerprint density at radius 2 is 1.79 bits per heavy atom. The number of nitrogens with zero attached hydrogens (tertiary/aromatic N) is 1. The maximum atomic E-state index is 12.9. The highest BCUT2D eigenvalue weighted by Crippen LogP contribution is 2.31. The number of benzene rings is 2. The third-order valence-electron chi connectivity index (χ3n) is 3.94. The van der Waals surface area contributed by atoms with Crippen LogP contribution in [0.3, 0.4) is 0 Å². The van der Waals surface area contributed by atoms with Crippen LogP contribution in [0.4, 0.5) is 5.69 Å².